The number of esters is 1. The number of aryl methyl sites for hydroxylation is 1. The highest BCUT2D eigenvalue weighted by Gasteiger charge is 2.37. The zero-order chi connectivity index (χ0) is 23.0. The van der Waals surface area contributed by atoms with E-state index in [0.717, 1.165) is 12.0 Å². The van der Waals surface area contributed by atoms with Gasteiger partial charge in [0.2, 0.25) is 0 Å². The minimum absolute atomic E-state index is 0.111. The molecule has 1 aliphatic carbocycles. The van der Waals surface area contributed by atoms with Crippen LogP contribution in [0.25, 0.3) is 11.6 Å². The fourth-order valence-corrected chi connectivity index (χ4v) is 4.64. The largest absolute Gasteiger partial charge is 0.459 e. The number of carbonyl (C=O) groups excluding carboxylic acids is 1. The minimum Gasteiger partial charge on any atom is -0.459 e. The molecular formula is C29H38O2. The maximum Gasteiger partial charge on any atom is 0.338 e. The Labute approximate surface area is 188 Å². The average molecular weight is 419 g/mol. The van der Waals surface area contributed by atoms with Gasteiger partial charge in [0.1, 0.15) is 0 Å². The zero-order valence-electron chi connectivity index (χ0n) is 20.6. The summed E-state index contributed by atoms with van der Waals surface area (Å²) < 4.78 is 5.29. The molecule has 0 unspecified atom stereocenters. The van der Waals surface area contributed by atoms with Crippen molar-refractivity contribution in [3.05, 3.63) is 69.8 Å². The monoisotopic (exact) mass is 418 g/mol. The van der Waals surface area contributed by atoms with Gasteiger partial charge >= 0.3 is 5.97 Å². The summed E-state index contributed by atoms with van der Waals surface area (Å²) in [4.78, 5) is 12.1. The lowest BCUT2D eigenvalue weighted by Gasteiger charge is -2.42. The summed E-state index contributed by atoms with van der Waals surface area (Å²) in [5.41, 5.74) is 9.15. The Morgan fingerprint density at radius 1 is 1.00 bits per heavy atom. The molecule has 0 saturated carbocycles. The van der Waals surface area contributed by atoms with Gasteiger partial charge in [0, 0.05) is 0 Å². The van der Waals surface area contributed by atoms with E-state index >= 15 is 0 Å². The molecule has 2 nitrogen and oxygen atoms in total. The van der Waals surface area contributed by atoms with Gasteiger partial charge < -0.3 is 4.74 Å². The van der Waals surface area contributed by atoms with Gasteiger partial charge in [-0.05, 0) is 96.4 Å². The van der Waals surface area contributed by atoms with E-state index in [-0.39, 0.29) is 22.9 Å². The lowest BCUT2D eigenvalue weighted by Crippen LogP contribution is -2.34. The molecule has 0 amide bonds. The molecule has 2 aromatic carbocycles. The third kappa shape index (κ3) is 4.95. The summed E-state index contributed by atoms with van der Waals surface area (Å²) >= 11 is 0. The molecule has 0 spiro atoms. The first-order chi connectivity index (χ1) is 14.4. The number of benzene rings is 2. The molecule has 0 saturated heterocycles. The normalized spacial score (nSPS) is 17.4. The SMILES string of the molecule is CCc1cc2c(cc1C(C)=Cc1ccc(C(=O)OC(C)C)cc1)C(C)(C)CCC2(C)C. The molecule has 0 fully saturated rings. The van der Waals surface area contributed by atoms with Crippen LogP contribution in [-0.4, -0.2) is 12.1 Å². The van der Waals surface area contributed by atoms with E-state index in [2.05, 4.69) is 59.8 Å². The summed E-state index contributed by atoms with van der Waals surface area (Å²) in [7, 11) is 0. The number of ether oxygens (including phenoxy) is 1. The molecule has 0 heterocycles. The average Bonchev–Trinajstić information content (AvgIpc) is 2.70. The lowest BCUT2D eigenvalue weighted by molar-refractivity contribution is 0.0378. The molecule has 0 radical (unpaired) electrons. The predicted molar refractivity (Wildman–Crippen MR) is 132 cm³/mol. The van der Waals surface area contributed by atoms with Crippen LogP contribution in [0.5, 0.6) is 0 Å². The predicted octanol–water partition coefficient (Wildman–Crippen LogP) is 7.72. The maximum atomic E-state index is 12.1. The van der Waals surface area contributed by atoms with Crippen molar-refractivity contribution < 1.29 is 9.53 Å². The van der Waals surface area contributed by atoms with E-state index in [4.69, 9.17) is 4.74 Å². The molecule has 2 aromatic rings. The Morgan fingerprint density at radius 3 is 2.06 bits per heavy atom. The highest BCUT2D eigenvalue weighted by Crippen LogP contribution is 2.47. The smallest absolute Gasteiger partial charge is 0.338 e. The minimum atomic E-state index is -0.268. The number of fused-ring (bicyclic) bond motifs is 1. The standard InChI is InChI=1S/C29H38O2/c1-9-22-17-25-26(29(7,8)15-14-28(25,5)6)18-24(22)20(4)16-21-10-12-23(13-11-21)27(30)31-19(2)3/h10-13,16-19H,9,14-15H2,1-8H3. The van der Waals surface area contributed by atoms with E-state index in [9.17, 15) is 4.79 Å². The Morgan fingerprint density at radius 2 is 1.55 bits per heavy atom. The second-order valence-electron chi connectivity index (χ2n) is 10.6. The van der Waals surface area contributed by atoms with Crippen LogP contribution in [0.2, 0.25) is 0 Å². The first kappa shape index (κ1) is 23.3. The first-order valence-electron chi connectivity index (χ1n) is 11.6. The van der Waals surface area contributed by atoms with Crippen molar-refractivity contribution >= 4 is 17.6 Å². The molecule has 166 valence electrons. The van der Waals surface area contributed by atoms with Crippen LogP contribution >= 0.6 is 0 Å². The molecule has 3 rings (SSSR count). The molecule has 0 aromatic heterocycles. The highest BCUT2D eigenvalue weighted by atomic mass is 16.5. The third-order valence-electron chi connectivity index (χ3n) is 6.75. The van der Waals surface area contributed by atoms with Crippen LogP contribution in [0.3, 0.4) is 0 Å². The summed E-state index contributed by atoms with van der Waals surface area (Å²) in [6.45, 7) is 17.7. The first-order valence-corrected chi connectivity index (χ1v) is 11.6. The maximum absolute atomic E-state index is 12.1. The Hall–Kier alpha value is -2.35. The van der Waals surface area contributed by atoms with Crippen LogP contribution in [0, 0.1) is 0 Å². The quantitative estimate of drug-likeness (QED) is 0.367. The number of hydrogen-bond acceptors (Lipinski definition) is 2. The number of rotatable bonds is 5. The Balaban J connectivity index is 1.99. The van der Waals surface area contributed by atoms with Crippen LogP contribution in [0.15, 0.2) is 36.4 Å². The topological polar surface area (TPSA) is 26.3 Å². The van der Waals surface area contributed by atoms with E-state index in [1.54, 1.807) is 0 Å². The molecule has 0 aliphatic heterocycles. The van der Waals surface area contributed by atoms with Gasteiger partial charge in [-0.15, -0.1) is 0 Å². The number of carbonyl (C=O) groups is 1. The summed E-state index contributed by atoms with van der Waals surface area (Å²) in [6.07, 6.45) is 5.58. The van der Waals surface area contributed by atoms with Gasteiger partial charge in [0.25, 0.3) is 0 Å². The van der Waals surface area contributed by atoms with E-state index in [1.165, 1.54) is 40.7 Å². The van der Waals surface area contributed by atoms with Gasteiger partial charge in [-0.2, -0.15) is 0 Å². The van der Waals surface area contributed by atoms with Gasteiger partial charge in [-0.3, -0.25) is 0 Å². The Bertz CT molecular complexity index is 988. The fraction of sp³-hybridized carbons (Fsp3) is 0.483. The van der Waals surface area contributed by atoms with E-state index < -0.39 is 0 Å². The van der Waals surface area contributed by atoms with Gasteiger partial charge in [0.15, 0.2) is 0 Å². The van der Waals surface area contributed by atoms with Crippen molar-refractivity contribution in [2.75, 3.05) is 0 Å². The van der Waals surface area contributed by atoms with E-state index in [0.29, 0.717) is 5.56 Å². The van der Waals surface area contributed by atoms with Crippen molar-refractivity contribution in [3.63, 3.8) is 0 Å². The summed E-state index contributed by atoms with van der Waals surface area (Å²) in [5, 5.41) is 0. The van der Waals surface area contributed by atoms with Gasteiger partial charge in [0.05, 0.1) is 11.7 Å². The van der Waals surface area contributed by atoms with Crippen LogP contribution in [-0.2, 0) is 22.0 Å². The van der Waals surface area contributed by atoms with Crippen LogP contribution in [0.4, 0.5) is 0 Å². The highest BCUT2D eigenvalue weighted by molar-refractivity contribution is 5.90. The zero-order valence-corrected chi connectivity index (χ0v) is 20.6. The van der Waals surface area contributed by atoms with Crippen molar-refractivity contribution in [3.8, 4) is 0 Å². The number of hydrogen-bond donors (Lipinski definition) is 0. The second kappa shape index (κ2) is 8.65. The molecule has 31 heavy (non-hydrogen) atoms. The lowest BCUT2D eigenvalue weighted by atomic mass is 9.62. The van der Waals surface area contributed by atoms with Crippen molar-refractivity contribution in [2.45, 2.75) is 91.6 Å². The third-order valence-corrected chi connectivity index (χ3v) is 6.75. The Kier molecular flexibility index (Phi) is 6.51. The van der Waals surface area contributed by atoms with Gasteiger partial charge in [-0.25, -0.2) is 4.79 Å². The summed E-state index contributed by atoms with van der Waals surface area (Å²) in [5.74, 6) is -0.268. The van der Waals surface area contributed by atoms with Crippen molar-refractivity contribution in [2.24, 2.45) is 0 Å². The molecule has 0 atom stereocenters. The van der Waals surface area contributed by atoms with Crippen LogP contribution in [0.1, 0.15) is 106 Å². The molecule has 2 heteroatoms. The van der Waals surface area contributed by atoms with Crippen LogP contribution < -0.4 is 0 Å². The van der Waals surface area contributed by atoms with E-state index in [1.807, 2.05) is 38.1 Å². The summed E-state index contributed by atoms with van der Waals surface area (Å²) in [6, 6.07) is 12.6. The second-order valence-corrected chi connectivity index (χ2v) is 10.6. The molecule has 0 N–H and O–H groups in total. The van der Waals surface area contributed by atoms with Crippen molar-refractivity contribution in [1.29, 1.82) is 0 Å². The molecular weight excluding hydrogens is 380 g/mol. The number of allylic oxidation sites excluding steroid dienone is 1. The van der Waals surface area contributed by atoms with Gasteiger partial charge in [-0.1, -0.05) is 65.0 Å². The molecule has 0 bridgehead atoms. The van der Waals surface area contributed by atoms with Crippen molar-refractivity contribution in [1.82, 2.24) is 0 Å². The molecule has 1 aliphatic rings. The fourth-order valence-electron chi connectivity index (χ4n) is 4.64.